The fraction of sp³-hybridized carbons (Fsp3) is 0.455. The van der Waals surface area contributed by atoms with Crippen LogP contribution in [0.3, 0.4) is 0 Å². The molecule has 0 bridgehead atoms. The summed E-state index contributed by atoms with van der Waals surface area (Å²) in [5, 5.41) is 10.0. The number of nitrogens with two attached hydrogens (primary N) is 1. The maximum atomic E-state index is 12.2. The molecule has 1 unspecified atom stereocenters. The molecule has 1 aliphatic rings. The van der Waals surface area contributed by atoms with Crippen LogP contribution in [-0.2, 0) is 11.0 Å². The summed E-state index contributed by atoms with van der Waals surface area (Å²) in [7, 11) is -1.36. The zero-order valence-corrected chi connectivity index (χ0v) is 17.7. The lowest BCUT2D eigenvalue weighted by atomic mass is 9.74. The van der Waals surface area contributed by atoms with Gasteiger partial charge in [-0.25, -0.2) is 4.21 Å². The molecule has 1 saturated heterocycles. The van der Waals surface area contributed by atoms with E-state index in [0.29, 0.717) is 11.8 Å². The predicted molar refractivity (Wildman–Crippen MR) is 116 cm³/mol. The minimum absolute atomic E-state index is 0.321. The number of benzene rings is 2. The van der Waals surface area contributed by atoms with Crippen molar-refractivity contribution in [2.75, 3.05) is 13.1 Å². The Morgan fingerprint density at radius 1 is 1.15 bits per heavy atom. The van der Waals surface area contributed by atoms with Gasteiger partial charge in [0.25, 0.3) is 0 Å². The molecular weight excluding hydrogens is 376 g/mol. The predicted octanol–water partition coefficient (Wildman–Crippen LogP) is 4.88. The van der Waals surface area contributed by atoms with Crippen molar-refractivity contribution < 1.29 is 4.21 Å². The summed E-state index contributed by atoms with van der Waals surface area (Å²) in [6.07, 6.45) is 3.07. The first kappa shape index (κ1) is 20.5. The fourth-order valence-corrected chi connectivity index (χ4v) is 4.57. The van der Waals surface area contributed by atoms with E-state index in [1.165, 1.54) is 16.7 Å². The molecule has 3 rings (SSSR count). The second-order valence-electron chi connectivity index (χ2n) is 8.05. The Morgan fingerprint density at radius 3 is 2.41 bits per heavy atom. The van der Waals surface area contributed by atoms with E-state index < -0.39 is 15.7 Å². The van der Waals surface area contributed by atoms with Crippen molar-refractivity contribution in [3.8, 4) is 11.1 Å². The van der Waals surface area contributed by atoms with Crippen LogP contribution in [0.4, 0.5) is 0 Å². The van der Waals surface area contributed by atoms with Crippen molar-refractivity contribution in [1.82, 2.24) is 5.32 Å². The maximum Gasteiger partial charge on any atom is 0.0945 e. The Bertz CT molecular complexity index is 785. The zero-order chi connectivity index (χ0) is 19.4. The molecule has 146 valence electrons. The normalized spacial score (nSPS) is 18.2. The van der Waals surface area contributed by atoms with Gasteiger partial charge in [-0.2, -0.15) is 0 Å². The summed E-state index contributed by atoms with van der Waals surface area (Å²) >= 11 is 6.09. The summed E-state index contributed by atoms with van der Waals surface area (Å²) in [5.41, 5.74) is 3.72. The SMILES string of the molecule is CC(C)(C[C@H](c1ccccc1-c1ccc(Cl)cc1)C1CCNCC1)S(N)=O. The first-order valence-corrected chi connectivity index (χ1v) is 11.2. The smallest absolute Gasteiger partial charge is 0.0945 e. The molecule has 2 aromatic carbocycles. The van der Waals surface area contributed by atoms with Crippen LogP contribution >= 0.6 is 11.6 Å². The van der Waals surface area contributed by atoms with Crippen LogP contribution in [0.1, 0.15) is 44.6 Å². The molecule has 1 aliphatic heterocycles. The highest BCUT2D eigenvalue weighted by molar-refractivity contribution is 7.84. The minimum atomic E-state index is -1.36. The monoisotopic (exact) mass is 404 g/mol. The molecule has 3 nitrogen and oxygen atoms in total. The van der Waals surface area contributed by atoms with Crippen LogP contribution in [0.2, 0.25) is 5.02 Å². The molecule has 0 aromatic heterocycles. The highest BCUT2D eigenvalue weighted by Crippen LogP contribution is 2.42. The zero-order valence-electron chi connectivity index (χ0n) is 16.1. The van der Waals surface area contributed by atoms with Gasteiger partial charge in [0.05, 0.1) is 15.7 Å². The third-order valence-electron chi connectivity index (χ3n) is 5.72. The van der Waals surface area contributed by atoms with Crippen molar-refractivity contribution in [1.29, 1.82) is 0 Å². The van der Waals surface area contributed by atoms with Crippen molar-refractivity contribution in [3.05, 3.63) is 59.1 Å². The van der Waals surface area contributed by atoms with Crippen LogP contribution < -0.4 is 10.5 Å². The lowest BCUT2D eigenvalue weighted by molar-refractivity contribution is 0.294. The Kier molecular flexibility index (Phi) is 6.74. The Morgan fingerprint density at radius 2 is 1.78 bits per heavy atom. The van der Waals surface area contributed by atoms with E-state index in [0.717, 1.165) is 37.4 Å². The van der Waals surface area contributed by atoms with Gasteiger partial charge in [0.2, 0.25) is 0 Å². The molecule has 2 aromatic rings. The lowest BCUT2D eigenvalue weighted by Crippen LogP contribution is -2.38. The van der Waals surface area contributed by atoms with Crippen LogP contribution in [0.5, 0.6) is 0 Å². The molecular formula is C22H29ClN2OS. The van der Waals surface area contributed by atoms with Gasteiger partial charge < -0.3 is 5.32 Å². The Labute approximate surface area is 170 Å². The number of piperidine rings is 1. The number of halogens is 1. The number of nitrogens with one attached hydrogen (secondary N) is 1. The second-order valence-corrected chi connectivity index (χ2v) is 10.2. The average molecular weight is 405 g/mol. The van der Waals surface area contributed by atoms with Crippen molar-refractivity contribution in [2.24, 2.45) is 11.1 Å². The standard InChI is InChI=1S/C22H29ClN2OS/c1-22(2,27(24)26)15-21(17-11-13-25-14-12-17)20-6-4-3-5-19(20)16-7-9-18(23)10-8-16/h3-10,17,21,25H,11-15,24H2,1-2H3/t21-,27?/m0/s1. The molecule has 3 N–H and O–H groups in total. The number of hydrogen-bond acceptors (Lipinski definition) is 2. The first-order chi connectivity index (χ1) is 12.9. The average Bonchev–Trinajstić information content (AvgIpc) is 2.67. The van der Waals surface area contributed by atoms with E-state index >= 15 is 0 Å². The fourth-order valence-electron chi connectivity index (χ4n) is 4.10. The van der Waals surface area contributed by atoms with E-state index in [9.17, 15) is 4.21 Å². The lowest BCUT2D eigenvalue weighted by Gasteiger charge is -2.36. The molecule has 0 aliphatic carbocycles. The Hall–Kier alpha value is -1.20. The van der Waals surface area contributed by atoms with E-state index in [1.807, 2.05) is 26.0 Å². The van der Waals surface area contributed by atoms with Crippen molar-refractivity contribution in [2.45, 2.75) is 43.8 Å². The van der Waals surface area contributed by atoms with Gasteiger partial charge in [-0.05, 0) is 86.9 Å². The molecule has 2 atom stereocenters. The van der Waals surface area contributed by atoms with Gasteiger partial charge in [0.15, 0.2) is 0 Å². The van der Waals surface area contributed by atoms with Gasteiger partial charge in [0, 0.05) is 5.02 Å². The minimum Gasteiger partial charge on any atom is -0.317 e. The summed E-state index contributed by atoms with van der Waals surface area (Å²) in [5.74, 6) is 0.879. The topological polar surface area (TPSA) is 55.1 Å². The molecule has 1 heterocycles. The van der Waals surface area contributed by atoms with Crippen molar-refractivity contribution >= 4 is 22.6 Å². The quantitative estimate of drug-likeness (QED) is 0.720. The number of rotatable bonds is 6. The molecule has 0 saturated carbocycles. The second kappa shape index (κ2) is 8.87. The summed E-state index contributed by atoms with van der Waals surface area (Å²) in [4.78, 5) is 0. The van der Waals surface area contributed by atoms with Gasteiger partial charge in [-0.15, -0.1) is 0 Å². The van der Waals surface area contributed by atoms with Crippen LogP contribution in [0, 0.1) is 5.92 Å². The van der Waals surface area contributed by atoms with Gasteiger partial charge in [-0.3, -0.25) is 5.14 Å². The van der Waals surface area contributed by atoms with Crippen LogP contribution in [0.15, 0.2) is 48.5 Å². The largest absolute Gasteiger partial charge is 0.317 e. The summed E-state index contributed by atoms with van der Waals surface area (Å²) in [6, 6.07) is 16.6. The van der Waals surface area contributed by atoms with Gasteiger partial charge >= 0.3 is 0 Å². The maximum absolute atomic E-state index is 12.2. The molecule has 1 fully saturated rings. The third kappa shape index (κ3) is 5.00. The Balaban J connectivity index is 2.03. The molecule has 0 amide bonds. The summed E-state index contributed by atoms with van der Waals surface area (Å²) < 4.78 is 11.7. The highest BCUT2D eigenvalue weighted by atomic mass is 35.5. The molecule has 0 radical (unpaired) electrons. The highest BCUT2D eigenvalue weighted by Gasteiger charge is 2.34. The number of hydrogen-bond donors (Lipinski definition) is 2. The molecule has 27 heavy (non-hydrogen) atoms. The first-order valence-electron chi connectivity index (χ1n) is 9.60. The van der Waals surface area contributed by atoms with E-state index in [2.05, 4.69) is 41.7 Å². The third-order valence-corrected chi connectivity index (χ3v) is 7.23. The van der Waals surface area contributed by atoms with E-state index in [-0.39, 0.29) is 0 Å². The van der Waals surface area contributed by atoms with E-state index in [1.54, 1.807) is 0 Å². The van der Waals surface area contributed by atoms with Crippen LogP contribution in [0.25, 0.3) is 11.1 Å². The van der Waals surface area contributed by atoms with Crippen LogP contribution in [-0.4, -0.2) is 22.0 Å². The molecule has 0 spiro atoms. The van der Waals surface area contributed by atoms with Gasteiger partial charge in [-0.1, -0.05) is 48.0 Å². The van der Waals surface area contributed by atoms with Crippen molar-refractivity contribution in [3.63, 3.8) is 0 Å². The van der Waals surface area contributed by atoms with Gasteiger partial charge in [0.1, 0.15) is 0 Å². The summed E-state index contributed by atoms with van der Waals surface area (Å²) in [6.45, 7) is 6.11. The molecule has 5 heteroatoms. The van der Waals surface area contributed by atoms with E-state index in [4.69, 9.17) is 16.7 Å².